The van der Waals surface area contributed by atoms with Crippen molar-refractivity contribution in [2.45, 2.75) is 27.0 Å². The molecule has 3 heterocycles. The third-order valence-electron chi connectivity index (χ3n) is 6.32. The van der Waals surface area contributed by atoms with Crippen LogP contribution in [0.2, 0.25) is 0 Å². The Balaban J connectivity index is 1.24. The van der Waals surface area contributed by atoms with Gasteiger partial charge in [0.1, 0.15) is 18.0 Å². The first-order chi connectivity index (χ1) is 17.0. The molecule has 1 saturated heterocycles. The molecule has 0 radical (unpaired) electrons. The molecule has 7 heteroatoms. The van der Waals surface area contributed by atoms with Crippen LogP contribution >= 0.6 is 11.8 Å². The van der Waals surface area contributed by atoms with Crippen molar-refractivity contribution in [1.82, 2.24) is 14.3 Å². The zero-order valence-electron chi connectivity index (χ0n) is 20.2. The van der Waals surface area contributed by atoms with Gasteiger partial charge in [-0.3, -0.25) is 9.69 Å². The van der Waals surface area contributed by atoms with E-state index in [9.17, 15) is 4.79 Å². The van der Waals surface area contributed by atoms with E-state index in [1.807, 2.05) is 65.0 Å². The number of imidazole rings is 1. The van der Waals surface area contributed by atoms with Crippen LogP contribution in [-0.2, 0) is 13.2 Å². The molecule has 1 aliphatic rings. The lowest BCUT2D eigenvalue weighted by Gasteiger charge is -2.27. The second kappa shape index (κ2) is 10.5. The van der Waals surface area contributed by atoms with E-state index in [1.54, 1.807) is 12.1 Å². The Kier molecular flexibility index (Phi) is 7.06. The number of hydrogen-bond donors (Lipinski definition) is 1. The van der Waals surface area contributed by atoms with E-state index in [0.717, 1.165) is 42.2 Å². The summed E-state index contributed by atoms with van der Waals surface area (Å²) >= 11 is 2.01. The van der Waals surface area contributed by atoms with E-state index < -0.39 is 0 Å². The van der Waals surface area contributed by atoms with Crippen molar-refractivity contribution in [2.24, 2.45) is 0 Å². The molecule has 5 rings (SSSR count). The number of carbonyl (C=O) groups excluding carboxylic acids is 1. The van der Waals surface area contributed by atoms with Gasteiger partial charge in [0.15, 0.2) is 0 Å². The van der Waals surface area contributed by atoms with Gasteiger partial charge < -0.3 is 14.5 Å². The molecular weight excluding hydrogens is 456 g/mol. The predicted molar refractivity (Wildman–Crippen MR) is 142 cm³/mol. The Morgan fingerprint density at radius 1 is 1.06 bits per heavy atom. The zero-order chi connectivity index (χ0) is 24.2. The van der Waals surface area contributed by atoms with Crippen LogP contribution in [0.25, 0.3) is 5.65 Å². The van der Waals surface area contributed by atoms with Gasteiger partial charge in [-0.05, 0) is 60.9 Å². The highest BCUT2D eigenvalue weighted by atomic mass is 32.2. The Labute approximate surface area is 210 Å². The average Bonchev–Trinajstić information content (AvgIpc) is 3.28. The molecule has 1 aliphatic heterocycles. The highest BCUT2D eigenvalue weighted by Gasteiger charge is 2.15. The second-order valence-electron chi connectivity index (χ2n) is 8.95. The number of rotatable bonds is 7. The number of benzene rings is 2. The molecule has 1 amide bonds. The fraction of sp³-hybridized carbons (Fsp3) is 0.286. The quantitative estimate of drug-likeness (QED) is 0.383. The van der Waals surface area contributed by atoms with E-state index in [-0.39, 0.29) is 5.91 Å². The van der Waals surface area contributed by atoms with Gasteiger partial charge in [0, 0.05) is 54.8 Å². The van der Waals surface area contributed by atoms with E-state index in [1.165, 1.54) is 22.6 Å². The summed E-state index contributed by atoms with van der Waals surface area (Å²) in [5.74, 6) is 2.86. The van der Waals surface area contributed by atoms with Gasteiger partial charge in [-0.25, -0.2) is 4.98 Å². The van der Waals surface area contributed by atoms with E-state index in [0.29, 0.717) is 17.9 Å². The van der Waals surface area contributed by atoms with Crippen LogP contribution in [0.15, 0.2) is 67.0 Å². The summed E-state index contributed by atoms with van der Waals surface area (Å²) in [5, 5.41) is 3.10. The lowest BCUT2D eigenvalue weighted by molar-refractivity contribution is 0.102. The van der Waals surface area contributed by atoms with Gasteiger partial charge in [-0.15, -0.1) is 0 Å². The zero-order valence-corrected chi connectivity index (χ0v) is 21.0. The largest absolute Gasteiger partial charge is 0.487 e. The Morgan fingerprint density at radius 2 is 1.89 bits per heavy atom. The van der Waals surface area contributed by atoms with Crippen LogP contribution in [-0.4, -0.2) is 44.8 Å². The summed E-state index contributed by atoms with van der Waals surface area (Å²) in [7, 11) is 0. The molecule has 0 aliphatic carbocycles. The number of ether oxygens (including phenoxy) is 1. The number of thioether (sulfide) groups is 1. The minimum atomic E-state index is -0.145. The first-order valence-electron chi connectivity index (χ1n) is 11.9. The number of aryl methyl sites for hydroxylation is 1. The summed E-state index contributed by atoms with van der Waals surface area (Å²) in [5.41, 5.74) is 6.69. The van der Waals surface area contributed by atoms with Gasteiger partial charge in [0.25, 0.3) is 5.91 Å². The lowest BCUT2D eigenvalue weighted by Crippen LogP contribution is -2.32. The minimum absolute atomic E-state index is 0.145. The number of fused-ring (bicyclic) bond motifs is 1. The average molecular weight is 487 g/mol. The predicted octanol–water partition coefficient (Wildman–Crippen LogP) is 5.33. The van der Waals surface area contributed by atoms with Crippen LogP contribution in [0, 0.1) is 13.8 Å². The molecule has 4 aromatic rings. The third kappa shape index (κ3) is 5.69. The SMILES string of the molecule is Cc1ccc2nc(COc3cccc(C(=O)Nc4cccc(CN5CCSCC5)c4C)c3)cn2c1. The van der Waals surface area contributed by atoms with Crippen LogP contribution in [0.1, 0.15) is 32.7 Å². The van der Waals surface area contributed by atoms with Crippen molar-refractivity contribution >= 4 is 29.0 Å². The number of nitrogens with zero attached hydrogens (tertiary/aromatic N) is 3. The summed E-state index contributed by atoms with van der Waals surface area (Å²) in [4.78, 5) is 20.1. The molecule has 6 nitrogen and oxygen atoms in total. The first-order valence-corrected chi connectivity index (χ1v) is 13.1. The second-order valence-corrected chi connectivity index (χ2v) is 10.2. The normalized spacial score (nSPS) is 14.2. The van der Waals surface area contributed by atoms with Crippen molar-refractivity contribution in [3.63, 3.8) is 0 Å². The molecule has 0 spiro atoms. The molecule has 0 saturated carbocycles. The Morgan fingerprint density at radius 3 is 2.74 bits per heavy atom. The van der Waals surface area contributed by atoms with Crippen molar-refractivity contribution in [3.05, 3.63) is 94.9 Å². The van der Waals surface area contributed by atoms with Crippen LogP contribution < -0.4 is 10.1 Å². The Bertz CT molecular complexity index is 1340. The fourth-order valence-corrected chi connectivity index (χ4v) is 5.27. The third-order valence-corrected chi connectivity index (χ3v) is 7.27. The molecule has 35 heavy (non-hydrogen) atoms. The van der Waals surface area contributed by atoms with Crippen molar-refractivity contribution in [2.75, 3.05) is 29.9 Å². The van der Waals surface area contributed by atoms with Crippen LogP contribution in [0.4, 0.5) is 5.69 Å². The van der Waals surface area contributed by atoms with E-state index >= 15 is 0 Å². The topological polar surface area (TPSA) is 58.9 Å². The number of nitrogens with one attached hydrogen (secondary N) is 1. The molecule has 2 aromatic heterocycles. The van der Waals surface area contributed by atoms with Gasteiger partial charge in [-0.2, -0.15) is 11.8 Å². The maximum absolute atomic E-state index is 13.0. The summed E-state index contributed by atoms with van der Waals surface area (Å²) in [6.07, 6.45) is 4.01. The van der Waals surface area contributed by atoms with Crippen molar-refractivity contribution < 1.29 is 9.53 Å². The smallest absolute Gasteiger partial charge is 0.255 e. The number of hydrogen-bond acceptors (Lipinski definition) is 5. The summed E-state index contributed by atoms with van der Waals surface area (Å²) < 4.78 is 7.96. The number of aromatic nitrogens is 2. The first kappa shape index (κ1) is 23.5. The maximum atomic E-state index is 13.0. The summed E-state index contributed by atoms with van der Waals surface area (Å²) in [6.45, 7) is 7.62. The molecule has 0 unspecified atom stereocenters. The molecule has 0 atom stereocenters. The highest BCUT2D eigenvalue weighted by Crippen LogP contribution is 2.23. The number of amides is 1. The van der Waals surface area contributed by atoms with Gasteiger partial charge in [0.05, 0.1) is 5.69 Å². The van der Waals surface area contributed by atoms with E-state index in [4.69, 9.17) is 4.74 Å². The summed E-state index contributed by atoms with van der Waals surface area (Å²) in [6, 6.07) is 17.5. The van der Waals surface area contributed by atoms with Gasteiger partial charge in [-0.1, -0.05) is 24.3 Å². The number of pyridine rings is 1. The monoisotopic (exact) mass is 486 g/mol. The van der Waals surface area contributed by atoms with Gasteiger partial charge in [0.2, 0.25) is 0 Å². The number of carbonyl (C=O) groups is 1. The fourth-order valence-electron chi connectivity index (χ4n) is 4.29. The highest BCUT2D eigenvalue weighted by molar-refractivity contribution is 7.99. The standard InChI is InChI=1S/C28H30N4O2S/c1-20-9-10-27-29-24(18-32(27)16-20)19-34-25-7-3-5-22(15-25)28(33)30-26-8-4-6-23(21(26)2)17-31-11-13-35-14-12-31/h3-10,15-16,18H,11-14,17,19H2,1-2H3,(H,30,33). The molecular formula is C28H30N4O2S. The van der Waals surface area contributed by atoms with E-state index in [2.05, 4.69) is 35.1 Å². The molecule has 1 fully saturated rings. The molecule has 2 aromatic carbocycles. The Hall–Kier alpha value is -3.29. The number of anilines is 1. The minimum Gasteiger partial charge on any atom is -0.487 e. The van der Waals surface area contributed by atoms with Crippen LogP contribution in [0.5, 0.6) is 5.75 Å². The van der Waals surface area contributed by atoms with Crippen LogP contribution in [0.3, 0.4) is 0 Å². The molecule has 0 bridgehead atoms. The van der Waals surface area contributed by atoms with Gasteiger partial charge >= 0.3 is 0 Å². The van der Waals surface area contributed by atoms with Crippen molar-refractivity contribution in [1.29, 1.82) is 0 Å². The molecule has 180 valence electrons. The maximum Gasteiger partial charge on any atom is 0.255 e. The molecule has 1 N–H and O–H groups in total. The van der Waals surface area contributed by atoms with Crippen molar-refractivity contribution in [3.8, 4) is 5.75 Å². The lowest BCUT2D eigenvalue weighted by atomic mass is 10.1.